The third-order valence-electron chi connectivity index (χ3n) is 2.08. The first-order valence-electron chi connectivity index (χ1n) is 5.00. The van der Waals surface area contributed by atoms with Crippen LogP contribution in [0.25, 0.3) is 0 Å². The number of aryl methyl sites for hydroxylation is 1. The van der Waals surface area contributed by atoms with Crippen molar-refractivity contribution in [2.24, 2.45) is 5.73 Å². The lowest BCUT2D eigenvalue weighted by molar-refractivity contribution is 0.205. The fraction of sp³-hybridized carbons (Fsp3) is 0.600. The van der Waals surface area contributed by atoms with Gasteiger partial charge >= 0.3 is 0 Å². The maximum absolute atomic E-state index is 5.55. The summed E-state index contributed by atoms with van der Waals surface area (Å²) in [6.45, 7) is 4.79. The van der Waals surface area contributed by atoms with Crippen molar-refractivity contribution >= 4 is 5.82 Å². The van der Waals surface area contributed by atoms with Crippen molar-refractivity contribution in [3.63, 3.8) is 0 Å². The largest absolute Gasteiger partial charge is 0.383 e. The summed E-state index contributed by atoms with van der Waals surface area (Å²) in [5.74, 6) is 0.907. The van der Waals surface area contributed by atoms with Gasteiger partial charge in [-0.2, -0.15) is 0 Å². The quantitative estimate of drug-likeness (QED) is 0.726. The second-order valence-corrected chi connectivity index (χ2v) is 3.29. The Morgan fingerprint density at radius 2 is 2.20 bits per heavy atom. The molecule has 0 unspecified atom stereocenters. The van der Waals surface area contributed by atoms with Crippen LogP contribution in [0.2, 0.25) is 0 Å². The molecule has 0 aliphatic heterocycles. The Morgan fingerprint density at radius 1 is 1.40 bits per heavy atom. The molecule has 0 saturated heterocycles. The molecule has 1 aromatic heterocycles. The Labute approximate surface area is 90.3 Å². The molecule has 1 aromatic rings. The zero-order valence-electron chi connectivity index (χ0n) is 9.31. The third kappa shape index (κ3) is 3.81. The Kier molecular flexibility index (Phi) is 5.00. The average Bonchev–Trinajstić information content (AvgIpc) is 2.24. The number of rotatable bonds is 6. The first kappa shape index (κ1) is 11.9. The van der Waals surface area contributed by atoms with Crippen molar-refractivity contribution in [1.82, 2.24) is 9.97 Å². The molecule has 0 amide bonds. The Bertz CT molecular complexity index is 293. The topological polar surface area (TPSA) is 64.3 Å². The molecule has 0 aliphatic rings. The van der Waals surface area contributed by atoms with Crippen LogP contribution < -0.4 is 10.6 Å². The van der Waals surface area contributed by atoms with E-state index in [2.05, 4.69) is 14.9 Å². The molecular weight excluding hydrogens is 192 g/mol. The van der Waals surface area contributed by atoms with Gasteiger partial charge in [0.1, 0.15) is 12.1 Å². The van der Waals surface area contributed by atoms with E-state index < -0.39 is 0 Å². The Hall–Kier alpha value is -1.20. The maximum atomic E-state index is 5.55. The highest BCUT2D eigenvalue weighted by atomic mass is 16.5. The van der Waals surface area contributed by atoms with Gasteiger partial charge in [0.15, 0.2) is 0 Å². The molecule has 0 aliphatic carbocycles. The van der Waals surface area contributed by atoms with E-state index in [1.165, 1.54) is 0 Å². The summed E-state index contributed by atoms with van der Waals surface area (Å²) in [5.41, 5.74) is 6.51. The van der Waals surface area contributed by atoms with Crippen LogP contribution in [0.1, 0.15) is 5.69 Å². The molecule has 15 heavy (non-hydrogen) atoms. The van der Waals surface area contributed by atoms with Crippen LogP contribution in [0.5, 0.6) is 0 Å². The van der Waals surface area contributed by atoms with E-state index in [0.717, 1.165) is 24.6 Å². The van der Waals surface area contributed by atoms with Crippen molar-refractivity contribution in [2.45, 2.75) is 6.92 Å². The summed E-state index contributed by atoms with van der Waals surface area (Å²) < 4.78 is 5.04. The number of nitrogens with zero attached hydrogens (tertiary/aromatic N) is 3. The van der Waals surface area contributed by atoms with E-state index in [1.807, 2.05) is 13.0 Å². The fourth-order valence-electron chi connectivity index (χ4n) is 1.31. The molecule has 0 aromatic carbocycles. The predicted octanol–water partition coefficient (Wildman–Crippen LogP) is 0.197. The smallest absolute Gasteiger partial charge is 0.132 e. The monoisotopic (exact) mass is 210 g/mol. The highest BCUT2D eigenvalue weighted by molar-refractivity contribution is 5.38. The number of hydrogen-bond donors (Lipinski definition) is 1. The molecule has 0 atom stereocenters. The number of anilines is 1. The minimum Gasteiger partial charge on any atom is -0.383 e. The van der Waals surface area contributed by atoms with Crippen LogP contribution in [0.3, 0.4) is 0 Å². The SMILES string of the molecule is COCCN(CCN)c1cc(C)ncn1. The standard InChI is InChI=1S/C10H18N4O/c1-9-7-10(13-8-12-9)14(4-3-11)5-6-15-2/h7-8H,3-6,11H2,1-2H3. The molecule has 0 radical (unpaired) electrons. The second kappa shape index (κ2) is 6.31. The van der Waals surface area contributed by atoms with Crippen LogP contribution in [-0.4, -0.2) is 43.3 Å². The molecule has 0 fully saturated rings. The zero-order valence-corrected chi connectivity index (χ0v) is 9.31. The molecule has 5 heteroatoms. The van der Waals surface area contributed by atoms with Crippen molar-refractivity contribution in [3.05, 3.63) is 18.1 Å². The van der Waals surface area contributed by atoms with Crippen LogP contribution in [-0.2, 0) is 4.74 Å². The zero-order chi connectivity index (χ0) is 11.1. The second-order valence-electron chi connectivity index (χ2n) is 3.29. The lowest BCUT2D eigenvalue weighted by Crippen LogP contribution is -2.33. The Balaban J connectivity index is 2.69. The summed E-state index contributed by atoms with van der Waals surface area (Å²) in [6, 6.07) is 1.95. The summed E-state index contributed by atoms with van der Waals surface area (Å²) in [7, 11) is 1.69. The first-order valence-corrected chi connectivity index (χ1v) is 5.00. The summed E-state index contributed by atoms with van der Waals surface area (Å²) >= 11 is 0. The van der Waals surface area contributed by atoms with Crippen molar-refractivity contribution in [2.75, 3.05) is 38.3 Å². The molecule has 2 N–H and O–H groups in total. The summed E-state index contributed by atoms with van der Waals surface area (Å²) in [4.78, 5) is 10.4. The molecule has 5 nitrogen and oxygen atoms in total. The van der Waals surface area contributed by atoms with Crippen LogP contribution in [0.15, 0.2) is 12.4 Å². The molecule has 1 heterocycles. The minimum atomic E-state index is 0.604. The van der Waals surface area contributed by atoms with E-state index in [4.69, 9.17) is 10.5 Å². The molecule has 0 saturated carbocycles. The fourth-order valence-corrected chi connectivity index (χ4v) is 1.31. The molecule has 1 rings (SSSR count). The van der Waals surface area contributed by atoms with Gasteiger partial charge in [-0.25, -0.2) is 9.97 Å². The van der Waals surface area contributed by atoms with Crippen molar-refractivity contribution < 1.29 is 4.74 Å². The van der Waals surface area contributed by atoms with E-state index >= 15 is 0 Å². The molecule has 0 bridgehead atoms. The highest BCUT2D eigenvalue weighted by Crippen LogP contribution is 2.09. The maximum Gasteiger partial charge on any atom is 0.132 e. The lowest BCUT2D eigenvalue weighted by atomic mass is 10.4. The van der Waals surface area contributed by atoms with Crippen LogP contribution >= 0.6 is 0 Å². The van der Waals surface area contributed by atoms with Crippen molar-refractivity contribution in [1.29, 1.82) is 0 Å². The van der Waals surface area contributed by atoms with E-state index in [-0.39, 0.29) is 0 Å². The number of aromatic nitrogens is 2. The van der Waals surface area contributed by atoms with Gasteiger partial charge in [0.25, 0.3) is 0 Å². The lowest BCUT2D eigenvalue weighted by Gasteiger charge is -2.22. The van der Waals surface area contributed by atoms with Gasteiger partial charge in [0, 0.05) is 38.5 Å². The van der Waals surface area contributed by atoms with Gasteiger partial charge in [-0.1, -0.05) is 0 Å². The molecular formula is C10H18N4O. The summed E-state index contributed by atoms with van der Waals surface area (Å²) in [5, 5.41) is 0. The molecule has 0 spiro atoms. The van der Waals surface area contributed by atoms with E-state index in [1.54, 1.807) is 13.4 Å². The summed E-state index contributed by atoms with van der Waals surface area (Å²) in [6.07, 6.45) is 1.57. The van der Waals surface area contributed by atoms with Gasteiger partial charge in [0.2, 0.25) is 0 Å². The number of nitrogens with two attached hydrogens (primary N) is 1. The van der Waals surface area contributed by atoms with E-state index in [0.29, 0.717) is 13.2 Å². The van der Waals surface area contributed by atoms with Crippen LogP contribution in [0.4, 0.5) is 5.82 Å². The first-order chi connectivity index (χ1) is 7.27. The predicted molar refractivity (Wildman–Crippen MR) is 59.9 cm³/mol. The minimum absolute atomic E-state index is 0.604. The highest BCUT2D eigenvalue weighted by Gasteiger charge is 2.06. The number of ether oxygens (including phenoxy) is 1. The molecule has 84 valence electrons. The third-order valence-corrected chi connectivity index (χ3v) is 2.08. The normalized spacial score (nSPS) is 10.3. The van der Waals surface area contributed by atoms with Gasteiger partial charge in [0.05, 0.1) is 6.61 Å². The van der Waals surface area contributed by atoms with E-state index in [9.17, 15) is 0 Å². The Morgan fingerprint density at radius 3 is 2.80 bits per heavy atom. The van der Waals surface area contributed by atoms with Gasteiger partial charge in [-0.3, -0.25) is 0 Å². The van der Waals surface area contributed by atoms with Gasteiger partial charge in [-0.05, 0) is 6.92 Å². The van der Waals surface area contributed by atoms with Gasteiger partial charge < -0.3 is 15.4 Å². The average molecular weight is 210 g/mol. The number of methoxy groups -OCH3 is 1. The van der Waals surface area contributed by atoms with Gasteiger partial charge in [-0.15, -0.1) is 0 Å². The van der Waals surface area contributed by atoms with Crippen molar-refractivity contribution in [3.8, 4) is 0 Å². The van der Waals surface area contributed by atoms with Crippen LogP contribution in [0, 0.1) is 6.92 Å². The number of hydrogen-bond acceptors (Lipinski definition) is 5.